The molecule has 2 aromatic heterocycles. The summed E-state index contributed by atoms with van der Waals surface area (Å²) in [6, 6.07) is 0. The molecule has 0 spiro atoms. The SMILES string of the molecule is Nc1nc(=O)n2ccn(CCC(=O)O)c2n1. The van der Waals surface area contributed by atoms with E-state index in [1.54, 1.807) is 6.20 Å². The number of carboxylic acids is 1. The second kappa shape index (κ2) is 3.65. The highest BCUT2D eigenvalue weighted by atomic mass is 16.4. The highest BCUT2D eigenvalue weighted by Crippen LogP contribution is 2.01. The molecule has 16 heavy (non-hydrogen) atoms. The van der Waals surface area contributed by atoms with Gasteiger partial charge in [-0.1, -0.05) is 0 Å². The number of aryl methyl sites for hydroxylation is 1. The van der Waals surface area contributed by atoms with Crippen LogP contribution in [0.4, 0.5) is 5.95 Å². The number of nitrogen functional groups attached to an aromatic ring is 1. The predicted octanol–water partition coefficient (Wildman–Crippen LogP) is -1.05. The van der Waals surface area contributed by atoms with Crippen LogP contribution < -0.4 is 11.4 Å². The average molecular weight is 223 g/mol. The minimum Gasteiger partial charge on any atom is -0.481 e. The number of carboxylic acid groups (broad SMARTS) is 1. The molecular weight excluding hydrogens is 214 g/mol. The van der Waals surface area contributed by atoms with E-state index >= 15 is 0 Å². The van der Waals surface area contributed by atoms with Gasteiger partial charge in [0, 0.05) is 18.9 Å². The number of aromatic nitrogens is 4. The Morgan fingerprint density at radius 3 is 2.88 bits per heavy atom. The molecular formula is C8H9N5O3. The van der Waals surface area contributed by atoms with Crippen molar-refractivity contribution < 1.29 is 9.90 Å². The van der Waals surface area contributed by atoms with Crippen molar-refractivity contribution in [3.63, 3.8) is 0 Å². The number of nitrogens with zero attached hydrogens (tertiary/aromatic N) is 4. The summed E-state index contributed by atoms with van der Waals surface area (Å²) in [5.41, 5.74) is 4.81. The van der Waals surface area contributed by atoms with Crippen LogP contribution in [-0.4, -0.2) is 30.0 Å². The molecule has 0 bridgehead atoms. The fourth-order valence-corrected chi connectivity index (χ4v) is 1.36. The highest BCUT2D eigenvalue weighted by Gasteiger charge is 2.07. The molecule has 0 saturated carbocycles. The van der Waals surface area contributed by atoms with Gasteiger partial charge in [-0.25, -0.2) is 9.20 Å². The molecule has 2 heterocycles. The first-order chi connectivity index (χ1) is 7.58. The van der Waals surface area contributed by atoms with Gasteiger partial charge in [-0.15, -0.1) is 0 Å². The van der Waals surface area contributed by atoms with Crippen molar-refractivity contribution in [1.82, 2.24) is 18.9 Å². The molecule has 0 atom stereocenters. The summed E-state index contributed by atoms with van der Waals surface area (Å²) >= 11 is 0. The number of carbonyl (C=O) groups is 1. The summed E-state index contributed by atoms with van der Waals surface area (Å²) in [5.74, 6) is -0.754. The van der Waals surface area contributed by atoms with E-state index in [0.29, 0.717) is 5.78 Å². The van der Waals surface area contributed by atoms with Crippen LogP contribution in [0.5, 0.6) is 0 Å². The lowest BCUT2D eigenvalue weighted by Crippen LogP contribution is -2.20. The Balaban J connectivity index is 2.47. The second-order valence-corrected chi connectivity index (χ2v) is 3.17. The second-order valence-electron chi connectivity index (χ2n) is 3.17. The number of anilines is 1. The minimum absolute atomic E-state index is 0.0531. The van der Waals surface area contributed by atoms with Gasteiger partial charge in [-0.05, 0) is 0 Å². The molecule has 2 aromatic rings. The van der Waals surface area contributed by atoms with Crippen LogP contribution in [0.1, 0.15) is 6.42 Å². The van der Waals surface area contributed by atoms with Gasteiger partial charge in [0.05, 0.1) is 6.42 Å². The van der Waals surface area contributed by atoms with Gasteiger partial charge >= 0.3 is 11.7 Å². The maximum atomic E-state index is 11.4. The number of rotatable bonds is 3. The number of aliphatic carboxylic acids is 1. The lowest BCUT2D eigenvalue weighted by Gasteiger charge is -2.01. The molecule has 8 nitrogen and oxygen atoms in total. The van der Waals surface area contributed by atoms with Crippen LogP contribution in [0.15, 0.2) is 17.2 Å². The zero-order chi connectivity index (χ0) is 11.7. The average Bonchev–Trinajstić information content (AvgIpc) is 2.58. The summed E-state index contributed by atoms with van der Waals surface area (Å²) < 4.78 is 2.74. The van der Waals surface area contributed by atoms with Gasteiger partial charge in [-0.3, -0.25) is 4.79 Å². The Kier molecular flexibility index (Phi) is 2.31. The van der Waals surface area contributed by atoms with Crippen LogP contribution in [0.2, 0.25) is 0 Å². The van der Waals surface area contributed by atoms with Crippen molar-refractivity contribution in [2.75, 3.05) is 5.73 Å². The molecule has 0 saturated heterocycles. The molecule has 0 aliphatic heterocycles. The summed E-state index contributed by atoms with van der Waals surface area (Å²) in [5, 5.41) is 8.55. The third-order valence-electron chi connectivity index (χ3n) is 2.07. The largest absolute Gasteiger partial charge is 0.481 e. The van der Waals surface area contributed by atoms with Crippen LogP contribution >= 0.6 is 0 Å². The van der Waals surface area contributed by atoms with Crippen molar-refractivity contribution in [2.45, 2.75) is 13.0 Å². The molecule has 0 aliphatic carbocycles. The first-order valence-corrected chi connectivity index (χ1v) is 4.51. The normalized spacial score (nSPS) is 10.8. The van der Waals surface area contributed by atoms with E-state index < -0.39 is 11.7 Å². The van der Waals surface area contributed by atoms with E-state index in [1.807, 2.05) is 0 Å². The molecule has 0 amide bonds. The molecule has 0 radical (unpaired) electrons. The Labute approximate surface area is 89.0 Å². The lowest BCUT2D eigenvalue weighted by molar-refractivity contribution is -0.137. The van der Waals surface area contributed by atoms with Crippen molar-refractivity contribution >= 4 is 17.7 Å². The van der Waals surface area contributed by atoms with Crippen molar-refractivity contribution in [2.24, 2.45) is 0 Å². The summed E-state index contributed by atoms with van der Waals surface area (Å²) in [4.78, 5) is 29.1. The molecule has 8 heteroatoms. The van der Waals surface area contributed by atoms with E-state index in [9.17, 15) is 9.59 Å². The molecule has 0 aliphatic rings. The van der Waals surface area contributed by atoms with Crippen LogP contribution in [-0.2, 0) is 11.3 Å². The molecule has 2 rings (SSSR count). The zero-order valence-corrected chi connectivity index (χ0v) is 8.20. The summed E-state index contributed by atoms with van der Waals surface area (Å²) in [6.07, 6.45) is 2.98. The number of imidazole rings is 1. The maximum absolute atomic E-state index is 11.4. The molecule has 0 unspecified atom stereocenters. The first-order valence-electron chi connectivity index (χ1n) is 4.51. The van der Waals surface area contributed by atoms with Gasteiger partial charge in [0.15, 0.2) is 0 Å². The van der Waals surface area contributed by atoms with E-state index in [-0.39, 0.29) is 18.9 Å². The Bertz CT molecular complexity index is 599. The van der Waals surface area contributed by atoms with Crippen LogP contribution in [0.25, 0.3) is 5.78 Å². The van der Waals surface area contributed by atoms with E-state index in [0.717, 1.165) is 0 Å². The van der Waals surface area contributed by atoms with Gasteiger partial charge < -0.3 is 15.4 Å². The molecule has 0 fully saturated rings. The van der Waals surface area contributed by atoms with Crippen molar-refractivity contribution in [3.8, 4) is 0 Å². The predicted molar refractivity (Wildman–Crippen MR) is 53.9 cm³/mol. The number of fused-ring (bicyclic) bond motifs is 1. The fraction of sp³-hybridized carbons (Fsp3) is 0.250. The van der Waals surface area contributed by atoms with Crippen LogP contribution in [0, 0.1) is 0 Å². The smallest absolute Gasteiger partial charge is 0.357 e. The van der Waals surface area contributed by atoms with E-state index in [1.165, 1.54) is 15.2 Å². The summed E-state index contributed by atoms with van der Waals surface area (Å²) in [6.45, 7) is 0.224. The lowest BCUT2D eigenvalue weighted by atomic mass is 10.4. The van der Waals surface area contributed by atoms with Gasteiger partial charge in [-0.2, -0.15) is 9.97 Å². The van der Waals surface area contributed by atoms with Gasteiger partial charge in [0.2, 0.25) is 11.7 Å². The third-order valence-corrected chi connectivity index (χ3v) is 2.07. The standard InChI is InChI=1S/C8H9N5O3/c9-6-10-7-12(2-1-5(14)15)3-4-13(7)8(16)11-6/h3-4H,1-2H2,(H,14,15)(H2,9,11,16). The van der Waals surface area contributed by atoms with E-state index in [2.05, 4.69) is 9.97 Å². The number of hydrogen-bond donors (Lipinski definition) is 2. The molecule has 84 valence electrons. The van der Waals surface area contributed by atoms with Gasteiger partial charge in [0.1, 0.15) is 0 Å². The minimum atomic E-state index is -0.920. The maximum Gasteiger partial charge on any atom is 0.357 e. The monoisotopic (exact) mass is 223 g/mol. The fourth-order valence-electron chi connectivity index (χ4n) is 1.36. The molecule has 0 aromatic carbocycles. The number of nitrogens with two attached hydrogens (primary N) is 1. The number of hydrogen-bond acceptors (Lipinski definition) is 5. The third kappa shape index (κ3) is 1.72. The Hall–Kier alpha value is -2.38. The van der Waals surface area contributed by atoms with Crippen LogP contribution in [0.3, 0.4) is 0 Å². The quantitative estimate of drug-likeness (QED) is 0.685. The Morgan fingerprint density at radius 2 is 2.19 bits per heavy atom. The van der Waals surface area contributed by atoms with E-state index in [4.69, 9.17) is 10.8 Å². The highest BCUT2D eigenvalue weighted by molar-refractivity contribution is 5.66. The zero-order valence-electron chi connectivity index (χ0n) is 8.20. The molecule has 3 N–H and O–H groups in total. The first kappa shape index (κ1) is 10.1. The topological polar surface area (TPSA) is 116 Å². The van der Waals surface area contributed by atoms with Crippen molar-refractivity contribution in [3.05, 3.63) is 22.9 Å². The van der Waals surface area contributed by atoms with Gasteiger partial charge in [0.25, 0.3) is 0 Å². The summed E-state index contributed by atoms with van der Waals surface area (Å²) in [7, 11) is 0. The van der Waals surface area contributed by atoms with Crippen molar-refractivity contribution in [1.29, 1.82) is 0 Å². The Morgan fingerprint density at radius 1 is 1.44 bits per heavy atom.